The zero-order valence-corrected chi connectivity index (χ0v) is 10.6. The summed E-state index contributed by atoms with van der Waals surface area (Å²) in [5.74, 6) is -1.34. The minimum Gasteiger partial charge on any atom is -0.461 e. The van der Waals surface area contributed by atoms with Gasteiger partial charge in [-0.2, -0.15) is 10.4 Å². The normalized spacial score (nSPS) is 10.1. The number of nitrogen functional groups attached to an aromatic ring is 1. The molecule has 0 saturated heterocycles. The number of aromatic nitrogens is 2. The minimum atomic E-state index is -0.670. The Kier molecular flexibility index (Phi) is 3.66. The Morgan fingerprint density at radius 1 is 1.60 bits per heavy atom. The average Bonchev–Trinajstić information content (AvgIpc) is 2.80. The van der Waals surface area contributed by atoms with Gasteiger partial charge in [-0.25, -0.2) is 13.9 Å². The Labute approximate surface area is 114 Å². The third-order valence-electron chi connectivity index (χ3n) is 2.56. The highest BCUT2D eigenvalue weighted by molar-refractivity contribution is 5.92. The SMILES string of the molecule is CCOC(=O)c1nn(-c2cccc(F)c2C#N)cc1N. The molecule has 0 aliphatic rings. The highest BCUT2D eigenvalue weighted by Gasteiger charge is 2.18. The van der Waals surface area contributed by atoms with E-state index in [4.69, 9.17) is 15.7 Å². The number of carbonyl (C=O) groups is 1. The lowest BCUT2D eigenvalue weighted by molar-refractivity contribution is 0.0520. The number of hydrogen-bond donors (Lipinski definition) is 1. The van der Waals surface area contributed by atoms with E-state index in [-0.39, 0.29) is 29.2 Å². The van der Waals surface area contributed by atoms with Crippen LogP contribution in [-0.2, 0) is 4.74 Å². The molecular formula is C13H11FN4O2. The molecule has 6 nitrogen and oxygen atoms in total. The van der Waals surface area contributed by atoms with Crippen LogP contribution in [0.15, 0.2) is 24.4 Å². The molecule has 0 atom stereocenters. The van der Waals surface area contributed by atoms with Crippen molar-refractivity contribution in [1.29, 1.82) is 5.26 Å². The molecule has 1 heterocycles. The second-order valence-electron chi connectivity index (χ2n) is 3.84. The molecule has 0 aliphatic carbocycles. The highest BCUT2D eigenvalue weighted by Crippen LogP contribution is 2.20. The van der Waals surface area contributed by atoms with E-state index >= 15 is 0 Å². The first-order valence-electron chi connectivity index (χ1n) is 5.79. The maximum Gasteiger partial charge on any atom is 0.361 e. The number of benzene rings is 1. The summed E-state index contributed by atoms with van der Waals surface area (Å²) in [6.45, 7) is 1.85. The van der Waals surface area contributed by atoms with Gasteiger partial charge in [0.25, 0.3) is 0 Å². The van der Waals surface area contributed by atoms with E-state index in [0.29, 0.717) is 0 Å². The van der Waals surface area contributed by atoms with Crippen LogP contribution in [0.4, 0.5) is 10.1 Å². The van der Waals surface area contributed by atoms with Crippen LogP contribution in [0.2, 0.25) is 0 Å². The molecule has 102 valence electrons. The average molecular weight is 274 g/mol. The van der Waals surface area contributed by atoms with E-state index in [9.17, 15) is 9.18 Å². The van der Waals surface area contributed by atoms with Crippen molar-refractivity contribution in [2.45, 2.75) is 6.92 Å². The topological polar surface area (TPSA) is 93.9 Å². The summed E-state index contributed by atoms with van der Waals surface area (Å²) in [6, 6.07) is 5.86. The molecule has 2 N–H and O–H groups in total. The maximum atomic E-state index is 13.5. The lowest BCUT2D eigenvalue weighted by atomic mass is 10.2. The van der Waals surface area contributed by atoms with Crippen LogP contribution >= 0.6 is 0 Å². The molecule has 0 bridgehead atoms. The van der Waals surface area contributed by atoms with Crippen molar-refractivity contribution >= 4 is 11.7 Å². The quantitative estimate of drug-likeness (QED) is 0.859. The molecular weight excluding hydrogens is 263 g/mol. The van der Waals surface area contributed by atoms with Crippen molar-refractivity contribution in [2.24, 2.45) is 0 Å². The van der Waals surface area contributed by atoms with Gasteiger partial charge in [-0.1, -0.05) is 6.07 Å². The second kappa shape index (κ2) is 5.40. The monoisotopic (exact) mass is 274 g/mol. The van der Waals surface area contributed by atoms with Crippen LogP contribution < -0.4 is 5.73 Å². The molecule has 0 saturated carbocycles. The van der Waals surface area contributed by atoms with Crippen molar-refractivity contribution in [3.05, 3.63) is 41.5 Å². The smallest absolute Gasteiger partial charge is 0.361 e. The lowest BCUT2D eigenvalue weighted by Crippen LogP contribution is -2.09. The third kappa shape index (κ3) is 2.31. The number of nitrogens with two attached hydrogens (primary N) is 1. The number of ether oxygens (including phenoxy) is 1. The number of nitriles is 1. The van der Waals surface area contributed by atoms with Gasteiger partial charge >= 0.3 is 5.97 Å². The lowest BCUT2D eigenvalue weighted by Gasteiger charge is -2.04. The first kappa shape index (κ1) is 13.5. The van der Waals surface area contributed by atoms with Gasteiger partial charge in [-0.3, -0.25) is 0 Å². The first-order chi connectivity index (χ1) is 9.58. The van der Waals surface area contributed by atoms with E-state index in [0.717, 1.165) is 0 Å². The highest BCUT2D eigenvalue weighted by atomic mass is 19.1. The van der Waals surface area contributed by atoms with E-state index < -0.39 is 11.8 Å². The van der Waals surface area contributed by atoms with E-state index in [1.165, 1.54) is 29.1 Å². The van der Waals surface area contributed by atoms with Crippen molar-refractivity contribution in [3.63, 3.8) is 0 Å². The van der Waals surface area contributed by atoms with Crippen LogP contribution in [-0.4, -0.2) is 22.4 Å². The zero-order valence-electron chi connectivity index (χ0n) is 10.6. The summed E-state index contributed by atoms with van der Waals surface area (Å²) < 4.78 is 19.5. The fourth-order valence-corrected chi connectivity index (χ4v) is 1.68. The summed E-state index contributed by atoms with van der Waals surface area (Å²) in [5.41, 5.74) is 5.73. The van der Waals surface area contributed by atoms with Crippen molar-refractivity contribution in [1.82, 2.24) is 9.78 Å². The molecule has 7 heteroatoms. The maximum absolute atomic E-state index is 13.5. The number of hydrogen-bond acceptors (Lipinski definition) is 5. The van der Waals surface area contributed by atoms with Crippen LogP contribution in [0.25, 0.3) is 5.69 Å². The van der Waals surface area contributed by atoms with E-state index in [1.807, 2.05) is 0 Å². The van der Waals surface area contributed by atoms with Crippen molar-refractivity contribution in [2.75, 3.05) is 12.3 Å². The Morgan fingerprint density at radius 3 is 3.00 bits per heavy atom. The predicted molar refractivity (Wildman–Crippen MR) is 68.6 cm³/mol. The van der Waals surface area contributed by atoms with Gasteiger partial charge in [0.05, 0.1) is 24.2 Å². The van der Waals surface area contributed by atoms with Crippen LogP contribution in [0.3, 0.4) is 0 Å². The minimum absolute atomic E-state index is 0.0694. The van der Waals surface area contributed by atoms with E-state index in [2.05, 4.69) is 5.10 Å². The van der Waals surface area contributed by atoms with Crippen molar-refractivity contribution in [3.8, 4) is 11.8 Å². The van der Waals surface area contributed by atoms with Gasteiger partial charge in [-0.05, 0) is 19.1 Å². The number of rotatable bonds is 3. The molecule has 0 spiro atoms. The Hall–Kier alpha value is -2.88. The predicted octanol–water partition coefficient (Wildman–Crippen LogP) is 1.64. The standard InChI is InChI=1S/C13H11FN4O2/c1-2-20-13(19)12-10(16)7-18(17-12)11-5-3-4-9(14)8(11)6-15/h3-5,7H,2,16H2,1H3. The summed E-state index contributed by atoms with van der Waals surface area (Å²) >= 11 is 0. The van der Waals surface area contributed by atoms with Gasteiger partial charge in [-0.15, -0.1) is 0 Å². The number of anilines is 1. The van der Waals surface area contributed by atoms with Crippen LogP contribution in [0, 0.1) is 17.1 Å². The van der Waals surface area contributed by atoms with Gasteiger partial charge in [0.15, 0.2) is 5.69 Å². The van der Waals surface area contributed by atoms with Crippen LogP contribution in [0.5, 0.6) is 0 Å². The van der Waals surface area contributed by atoms with Gasteiger partial charge in [0.2, 0.25) is 0 Å². The number of halogens is 1. The van der Waals surface area contributed by atoms with Crippen LogP contribution in [0.1, 0.15) is 23.0 Å². The summed E-state index contributed by atoms with van der Waals surface area (Å²) in [4.78, 5) is 11.6. The van der Waals surface area contributed by atoms with E-state index in [1.54, 1.807) is 13.0 Å². The third-order valence-corrected chi connectivity index (χ3v) is 2.56. The molecule has 0 fully saturated rings. The molecule has 0 aliphatic heterocycles. The summed E-state index contributed by atoms with van der Waals surface area (Å²) in [6.07, 6.45) is 1.34. The second-order valence-corrected chi connectivity index (χ2v) is 3.84. The fourth-order valence-electron chi connectivity index (χ4n) is 1.68. The molecule has 0 radical (unpaired) electrons. The summed E-state index contributed by atoms with van der Waals surface area (Å²) in [5, 5.41) is 12.9. The first-order valence-corrected chi connectivity index (χ1v) is 5.79. The Morgan fingerprint density at radius 2 is 2.35 bits per heavy atom. The molecule has 2 rings (SSSR count). The number of esters is 1. The summed E-state index contributed by atoms with van der Waals surface area (Å²) in [7, 11) is 0. The van der Waals surface area contributed by atoms with Crippen molar-refractivity contribution < 1.29 is 13.9 Å². The molecule has 0 unspecified atom stereocenters. The van der Waals surface area contributed by atoms with Gasteiger partial charge < -0.3 is 10.5 Å². The van der Waals surface area contributed by atoms with Gasteiger partial charge in [0, 0.05) is 0 Å². The molecule has 0 amide bonds. The molecule has 2 aromatic rings. The number of carbonyl (C=O) groups excluding carboxylic acids is 1. The Balaban J connectivity index is 2.51. The molecule has 1 aromatic heterocycles. The number of nitrogens with zero attached hydrogens (tertiary/aromatic N) is 3. The zero-order chi connectivity index (χ0) is 14.7. The molecule has 1 aromatic carbocycles. The van der Waals surface area contributed by atoms with Gasteiger partial charge in [0.1, 0.15) is 17.4 Å². The Bertz CT molecular complexity index is 703. The largest absolute Gasteiger partial charge is 0.461 e. The fraction of sp³-hybridized carbons (Fsp3) is 0.154. The molecule has 20 heavy (non-hydrogen) atoms.